The number of nitrogens with zero attached hydrogens (tertiary/aromatic N) is 4. The maximum absolute atomic E-state index is 13.0. The first-order valence-corrected chi connectivity index (χ1v) is 12.5. The topological polar surface area (TPSA) is 68.8 Å². The predicted molar refractivity (Wildman–Crippen MR) is 135 cm³/mol. The maximum Gasteiger partial charge on any atom is 0.320 e. The molecule has 0 saturated carbocycles. The van der Waals surface area contributed by atoms with Crippen molar-refractivity contribution in [3.8, 4) is 0 Å². The number of carbonyl (C=O) groups excluding carboxylic acids is 2. The molecular weight excluding hydrogens is 450 g/mol. The molecule has 1 aromatic heterocycles. The van der Waals surface area contributed by atoms with Crippen LogP contribution < -0.4 is 5.32 Å². The van der Waals surface area contributed by atoms with E-state index in [2.05, 4.69) is 22.1 Å². The van der Waals surface area contributed by atoms with Crippen LogP contribution in [0.1, 0.15) is 53.4 Å². The zero-order valence-corrected chi connectivity index (χ0v) is 21.1. The number of benzene rings is 1. The van der Waals surface area contributed by atoms with Crippen LogP contribution >= 0.6 is 11.6 Å². The van der Waals surface area contributed by atoms with Crippen LogP contribution in [0, 0.1) is 13.8 Å². The summed E-state index contributed by atoms with van der Waals surface area (Å²) < 4.78 is 0. The van der Waals surface area contributed by atoms with Gasteiger partial charge in [-0.25, -0.2) is 4.79 Å². The van der Waals surface area contributed by atoms with Crippen molar-refractivity contribution in [3.05, 3.63) is 57.9 Å². The number of carbonyl (C=O) groups is 2. The fourth-order valence-electron chi connectivity index (χ4n) is 4.79. The van der Waals surface area contributed by atoms with Crippen LogP contribution in [0.15, 0.2) is 30.5 Å². The summed E-state index contributed by atoms with van der Waals surface area (Å²) in [5.41, 5.74) is 4.16. The summed E-state index contributed by atoms with van der Waals surface area (Å²) in [6, 6.07) is 7.68. The van der Waals surface area contributed by atoms with Gasteiger partial charge in [-0.15, -0.1) is 0 Å². The first kappa shape index (κ1) is 24.5. The Kier molecular flexibility index (Phi) is 7.73. The van der Waals surface area contributed by atoms with E-state index in [9.17, 15) is 9.59 Å². The first-order valence-electron chi connectivity index (χ1n) is 12.1. The molecule has 0 bridgehead atoms. The van der Waals surface area contributed by atoms with Gasteiger partial charge in [0.1, 0.15) is 0 Å². The second-order valence-corrected chi connectivity index (χ2v) is 9.92. The Bertz CT molecular complexity index is 1040. The molecule has 2 fully saturated rings. The van der Waals surface area contributed by atoms with Gasteiger partial charge in [0.2, 0.25) is 0 Å². The van der Waals surface area contributed by atoms with Gasteiger partial charge in [0.25, 0.3) is 5.91 Å². The summed E-state index contributed by atoms with van der Waals surface area (Å²) in [6.07, 6.45) is 5.01. The van der Waals surface area contributed by atoms with Crippen LogP contribution in [-0.4, -0.2) is 70.4 Å². The summed E-state index contributed by atoms with van der Waals surface area (Å²) in [6.45, 7) is 10.8. The average molecular weight is 484 g/mol. The number of urea groups is 1. The maximum atomic E-state index is 13.0. The first-order chi connectivity index (χ1) is 16.3. The Morgan fingerprint density at radius 2 is 1.85 bits per heavy atom. The lowest BCUT2D eigenvalue weighted by Gasteiger charge is -2.42. The Hall–Kier alpha value is -2.64. The summed E-state index contributed by atoms with van der Waals surface area (Å²) >= 11 is 6.43. The number of aromatic nitrogens is 1. The minimum atomic E-state index is -0.206. The highest BCUT2D eigenvalue weighted by Crippen LogP contribution is 2.27. The van der Waals surface area contributed by atoms with E-state index in [1.165, 1.54) is 6.42 Å². The Labute approximate surface area is 207 Å². The van der Waals surface area contributed by atoms with E-state index in [0.717, 1.165) is 68.9 Å². The molecule has 7 nitrogen and oxygen atoms in total. The third-order valence-electron chi connectivity index (χ3n) is 6.88. The smallest absolute Gasteiger partial charge is 0.320 e. The predicted octanol–water partition coefficient (Wildman–Crippen LogP) is 4.72. The monoisotopic (exact) mass is 483 g/mol. The second-order valence-electron chi connectivity index (χ2n) is 9.49. The molecule has 2 aliphatic heterocycles. The highest BCUT2D eigenvalue weighted by molar-refractivity contribution is 6.31. The Morgan fingerprint density at radius 1 is 1.09 bits per heavy atom. The van der Waals surface area contributed by atoms with Crippen molar-refractivity contribution >= 4 is 29.2 Å². The number of nitrogens with one attached hydrogen (secondary N) is 1. The third-order valence-corrected chi connectivity index (χ3v) is 7.10. The van der Waals surface area contributed by atoms with E-state index < -0.39 is 0 Å². The Morgan fingerprint density at radius 3 is 2.53 bits per heavy atom. The molecule has 0 unspecified atom stereocenters. The molecule has 34 heavy (non-hydrogen) atoms. The molecule has 0 aliphatic carbocycles. The molecule has 1 N–H and O–H groups in total. The van der Waals surface area contributed by atoms with Gasteiger partial charge < -0.3 is 15.1 Å². The van der Waals surface area contributed by atoms with Gasteiger partial charge in [-0.05, 0) is 75.4 Å². The standard InChI is InChI=1S/C26H34ClN5O2/c1-18-7-8-21(15-28-18)25(33)29-24-14-23(27)13-22(20(24)3)17-30-11-12-32(19(2)16-30)26(34)31-9-5-4-6-10-31/h7-8,13-15,19H,4-6,9-12,16-17H2,1-3H3,(H,29,33)/t19-/m0/s1. The Balaban J connectivity index is 1.41. The molecule has 0 radical (unpaired) electrons. The van der Waals surface area contributed by atoms with Crippen molar-refractivity contribution < 1.29 is 9.59 Å². The SMILES string of the molecule is Cc1ccc(C(=O)Nc2cc(Cl)cc(CN3CCN(C(=O)N4CCCCC4)[C@@H](C)C3)c2C)cn1. The normalized spacial score (nSPS) is 19.2. The van der Waals surface area contributed by atoms with Crippen molar-refractivity contribution in [1.29, 1.82) is 0 Å². The summed E-state index contributed by atoms with van der Waals surface area (Å²) in [5.74, 6) is -0.206. The number of pyridine rings is 1. The molecule has 3 amide bonds. The molecule has 1 atom stereocenters. The van der Waals surface area contributed by atoms with Crippen LogP contribution in [0.2, 0.25) is 5.02 Å². The number of anilines is 1. The number of likely N-dealkylation sites (tertiary alicyclic amines) is 1. The van der Waals surface area contributed by atoms with Crippen LogP contribution in [0.4, 0.5) is 10.5 Å². The van der Waals surface area contributed by atoms with E-state index in [1.807, 2.05) is 35.8 Å². The molecule has 2 aromatic rings. The molecule has 3 heterocycles. The minimum Gasteiger partial charge on any atom is -0.325 e. The van der Waals surface area contributed by atoms with E-state index in [0.29, 0.717) is 16.3 Å². The molecule has 182 valence electrons. The van der Waals surface area contributed by atoms with Crippen LogP contribution in [-0.2, 0) is 6.54 Å². The third kappa shape index (κ3) is 5.70. The minimum absolute atomic E-state index is 0.149. The van der Waals surface area contributed by atoms with Crippen molar-refractivity contribution in [2.24, 2.45) is 0 Å². The highest BCUT2D eigenvalue weighted by Gasteiger charge is 2.31. The fraction of sp³-hybridized carbons (Fsp3) is 0.500. The van der Waals surface area contributed by atoms with Gasteiger partial charge >= 0.3 is 6.03 Å². The summed E-state index contributed by atoms with van der Waals surface area (Å²) in [5, 5.41) is 3.58. The van der Waals surface area contributed by atoms with E-state index >= 15 is 0 Å². The molecule has 8 heteroatoms. The summed E-state index contributed by atoms with van der Waals surface area (Å²) in [4.78, 5) is 36.3. The summed E-state index contributed by atoms with van der Waals surface area (Å²) in [7, 11) is 0. The number of halogens is 1. The van der Waals surface area contributed by atoms with Gasteiger partial charge in [-0.2, -0.15) is 0 Å². The molecule has 4 rings (SSSR count). The van der Waals surface area contributed by atoms with E-state index in [1.54, 1.807) is 18.3 Å². The highest BCUT2D eigenvalue weighted by atomic mass is 35.5. The molecule has 2 aliphatic rings. The molecule has 0 spiro atoms. The molecule has 1 aromatic carbocycles. The van der Waals surface area contributed by atoms with Crippen molar-refractivity contribution in [3.63, 3.8) is 0 Å². The lowest BCUT2D eigenvalue weighted by atomic mass is 10.0. The number of hydrogen-bond donors (Lipinski definition) is 1. The van der Waals surface area contributed by atoms with Gasteiger partial charge in [0.15, 0.2) is 0 Å². The van der Waals surface area contributed by atoms with E-state index in [4.69, 9.17) is 11.6 Å². The number of piperidine rings is 1. The van der Waals surface area contributed by atoms with Crippen LogP contribution in [0.5, 0.6) is 0 Å². The lowest BCUT2D eigenvalue weighted by molar-refractivity contribution is 0.0741. The second kappa shape index (κ2) is 10.7. The van der Waals surface area contributed by atoms with Gasteiger partial charge in [-0.3, -0.25) is 14.7 Å². The number of aryl methyl sites for hydroxylation is 1. The quantitative estimate of drug-likeness (QED) is 0.683. The number of amides is 3. The largest absolute Gasteiger partial charge is 0.325 e. The van der Waals surface area contributed by atoms with Gasteiger partial charge in [0, 0.05) is 67.9 Å². The van der Waals surface area contributed by atoms with Gasteiger partial charge in [-0.1, -0.05) is 11.6 Å². The molecular formula is C26H34ClN5O2. The van der Waals surface area contributed by atoms with E-state index in [-0.39, 0.29) is 18.0 Å². The van der Waals surface area contributed by atoms with Crippen molar-refractivity contribution in [2.45, 2.75) is 52.6 Å². The number of rotatable bonds is 4. The zero-order valence-electron chi connectivity index (χ0n) is 20.3. The van der Waals surface area contributed by atoms with Crippen molar-refractivity contribution in [1.82, 2.24) is 19.7 Å². The fourth-order valence-corrected chi connectivity index (χ4v) is 5.04. The number of piperazine rings is 1. The number of hydrogen-bond acceptors (Lipinski definition) is 4. The van der Waals surface area contributed by atoms with Gasteiger partial charge in [0.05, 0.1) is 5.56 Å². The van der Waals surface area contributed by atoms with Crippen LogP contribution in [0.3, 0.4) is 0 Å². The zero-order chi connectivity index (χ0) is 24.2. The average Bonchev–Trinajstić information content (AvgIpc) is 2.82. The van der Waals surface area contributed by atoms with Crippen molar-refractivity contribution in [2.75, 3.05) is 38.0 Å². The molecule has 2 saturated heterocycles. The lowest BCUT2D eigenvalue weighted by Crippen LogP contribution is -2.57. The van der Waals surface area contributed by atoms with Crippen LogP contribution in [0.25, 0.3) is 0 Å².